The van der Waals surface area contributed by atoms with Crippen molar-refractivity contribution in [3.8, 4) is 5.75 Å². The van der Waals surface area contributed by atoms with Crippen LogP contribution in [-0.2, 0) is 16.0 Å². The Hall–Kier alpha value is -2.82. The minimum Gasteiger partial charge on any atom is -0.497 e. The van der Waals surface area contributed by atoms with E-state index in [1.54, 1.807) is 38.3 Å². The molecule has 0 heterocycles. The summed E-state index contributed by atoms with van der Waals surface area (Å²) in [5.41, 5.74) is 2.44. The zero-order valence-electron chi connectivity index (χ0n) is 13.8. The third kappa shape index (κ3) is 4.84. The van der Waals surface area contributed by atoms with Crippen LogP contribution >= 0.6 is 0 Å². The van der Waals surface area contributed by atoms with Crippen molar-refractivity contribution >= 4 is 17.6 Å². The summed E-state index contributed by atoms with van der Waals surface area (Å²) >= 11 is 0. The number of carbonyl (C=O) groups excluding carboxylic acids is 1. The Morgan fingerprint density at radius 1 is 1.08 bits per heavy atom. The fraction of sp³-hybridized carbons (Fsp3) is 0.263. The molecule has 0 aliphatic rings. The van der Waals surface area contributed by atoms with Crippen molar-refractivity contribution in [3.05, 3.63) is 59.7 Å². The molecule has 0 aromatic heterocycles. The SMILES string of the molecule is COc1ccc(CCC(=O)Nc2ccc(C(C)C(=O)O)cc2)cc1. The van der Waals surface area contributed by atoms with E-state index in [1.165, 1.54) is 0 Å². The van der Waals surface area contributed by atoms with Gasteiger partial charge < -0.3 is 15.2 Å². The smallest absolute Gasteiger partial charge is 0.310 e. The molecule has 0 saturated heterocycles. The minimum atomic E-state index is -0.869. The topological polar surface area (TPSA) is 75.6 Å². The van der Waals surface area contributed by atoms with Crippen LogP contribution in [0, 0.1) is 0 Å². The van der Waals surface area contributed by atoms with Crippen molar-refractivity contribution in [1.29, 1.82) is 0 Å². The summed E-state index contributed by atoms with van der Waals surface area (Å²) in [5.74, 6) is -0.722. The highest BCUT2D eigenvalue weighted by atomic mass is 16.5. The number of carboxylic acid groups (broad SMARTS) is 1. The lowest BCUT2D eigenvalue weighted by molar-refractivity contribution is -0.138. The number of aliphatic carboxylic acids is 1. The lowest BCUT2D eigenvalue weighted by atomic mass is 10.0. The molecule has 2 N–H and O–H groups in total. The van der Waals surface area contributed by atoms with Crippen molar-refractivity contribution in [2.45, 2.75) is 25.7 Å². The molecule has 5 heteroatoms. The van der Waals surface area contributed by atoms with Gasteiger partial charge in [0.15, 0.2) is 0 Å². The second-order valence-corrected chi connectivity index (χ2v) is 5.58. The number of nitrogens with one attached hydrogen (secondary N) is 1. The molecule has 1 unspecified atom stereocenters. The Labute approximate surface area is 141 Å². The molecule has 0 aliphatic heterocycles. The van der Waals surface area contributed by atoms with E-state index in [9.17, 15) is 9.59 Å². The number of hydrogen-bond donors (Lipinski definition) is 2. The predicted molar refractivity (Wildman–Crippen MR) is 92.4 cm³/mol. The minimum absolute atomic E-state index is 0.0788. The first-order chi connectivity index (χ1) is 11.5. The van der Waals surface area contributed by atoms with E-state index in [1.807, 2.05) is 24.3 Å². The largest absolute Gasteiger partial charge is 0.497 e. The summed E-state index contributed by atoms with van der Waals surface area (Å²) < 4.78 is 5.10. The van der Waals surface area contributed by atoms with Crippen molar-refractivity contribution < 1.29 is 19.4 Å². The van der Waals surface area contributed by atoms with Crippen molar-refractivity contribution in [2.24, 2.45) is 0 Å². The first-order valence-corrected chi connectivity index (χ1v) is 7.75. The maximum atomic E-state index is 12.0. The molecule has 2 aromatic rings. The van der Waals surface area contributed by atoms with Gasteiger partial charge in [-0.3, -0.25) is 9.59 Å². The van der Waals surface area contributed by atoms with Crippen LogP contribution in [0.2, 0.25) is 0 Å². The molecule has 126 valence electrons. The monoisotopic (exact) mass is 327 g/mol. The first-order valence-electron chi connectivity index (χ1n) is 7.75. The van der Waals surface area contributed by atoms with E-state index in [0.717, 1.165) is 11.3 Å². The Kier molecular flexibility index (Phi) is 5.95. The van der Waals surface area contributed by atoms with Crippen molar-refractivity contribution in [2.75, 3.05) is 12.4 Å². The number of methoxy groups -OCH3 is 1. The quantitative estimate of drug-likeness (QED) is 0.816. The molecule has 0 bridgehead atoms. The van der Waals surface area contributed by atoms with Crippen LogP contribution in [0.3, 0.4) is 0 Å². The number of amides is 1. The average Bonchev–Trinajstić information content (AvgIpc) is 2.60. The van der Waals surface area contributed by atoms with Crippen LogP contribution in [0.25, 0.3) is 0 Å². The highest BCUT2D eigenvalue weighted by molar-refractivity contribution is 5.90. The van der Waals surface area contributed by atoms with Gasteiger partial charge in [0.2, 0.25) is 5.91 Å². The Balaban J connectivity index is 1.86. The molecular weight excluding hydrogens is 306 g/mol. The van der Waals surface area contributed by atoms with E-state index in [0.29, 0.717) is 24.1 Å². The van der Waals surface area contributed by atoms with Gasteiger partial charge in [0.1, 0.15) is 5.75 Å². The van der Waals surface area contributed by atoms with Crippen molar-refractivity contribution in [3.63, 3.8) is 0 Å². The Bertz CT molecular complexity index is 692. The van der Waals surface area contributed by atoms with Crippen LogP contribution in [0.5, 0.6) is 5.75 Å². The van der Waals surface area contributed by atoms with E-state index in [2.05, 4.69) is 5.32 Å². The third-order valence-electron chi connectivity index (χ3n) is 3.86. The second kappa shape index (κ2) is 8.15. The van der Waals surface area contributed by atoms with Gasteiger partial charge in [-0.25, -0.2) is 0 Å². The zero-order valence-corrected chi connectivity index (χ0v) is 13.8. The molecule has 0 spiro atoms. The number of benzene rings is 2. The normalized spacial score (nSPS) is 11.6. The summed E-state index contributed by atoms with van der Waals surface area (Å²) in [6.07, 6.45) is 1.02. The molecule has 5 nitrogen and oxygen atoms in total. The molecule has 1 amide bonds. The van der Waals surface area contributed by atoms with Crippen LogP contribution in [0.15, 0.2) is 48.5 Å². The molecule has 0 fully saturated rings. The summed E-state index contributed by atoms with van der Waals surface area (Å²) in [5, 5.41) is 11.8. The van der Waals surface area contributed by atoms with Crippen LogP contribution < -0.4 is 10.1 Å². The molecule has 24 heavy (non-hydrogen) atoms. The van der Waals surface area contributed by atoms with Gasteiger partial charge in [0.25, 0.3) is 0 Å². The molecule has 2 aromatic carbocycles. The van der Waals surface area contributed by atoms with Gasteiger partial charge in [-0.15, -0.1) is 0 Å². The maximum absolute atomic E-state index is 12.0. The Morgan fingerprint density at radius 3 is 2.25 bits per heavy atom. The number of carbonyl (C=O) groups is 2. The molecular formula is C19H21NO4. The lowest BCUT2D eigenvalue weighted by Crippen LogP contribution is -2.12. The second-order valence-electron chi connectivity index (χ2n) is 5.58. The van der Waals surface area contributed by atoms with Crippen LogP contribution in [-0.4, -0.2) is 24.1 Å². The number of carboxylic acids is 1. The van der Waals surface area contributed by atoms with E-state index < -0.39 is 11.9 Å². The van der Waals surface area contributed by atoms with E-state index >= 15 is 0 Å². The standard InChI is InChI=1S/C19H21NO4/c1-13(19(22)23)15-6-8-16(9-7-15)20-18(21)12-5-14-3-10-17(24-2)11-4-14/h3-4,6-11,13H,5,12H2,1-2H3,(H,20,21)(H,22,23). The number of ether oxygens (including phenoxy) is 1. The van der Waals surface area contributed by atoms with Gasteiger partial charge in [-0.1, -0.05) is 24.3 Å². The summed E-state index contributed by atoms with van der Waals surface area (Å²) in [4.78, 5) is 23.0. The van der Waals surface area contributed by atoms with Gasteiger partial charge in [0, 0.05) is 12.1 Å². The number of hydrogen-bond acceptors (Lipinski definition) is 3. The first kappa shape index (κ1) is 17.5. The van der Waals surface area contributed by atoms with Gasteiger partial charge in [-0.2, -0.15) is 0 Å². The third-order valence-corrected chi connectivity index (χ3v) is 3.86. The molecule has 2 rings (SSSR count). The van der Waals surface area contributed by atoms with Crippen LogP contribution in [0.1, 0.15) is 30.4 Å². The summed E-state index contributed by atoms with van der Waals surface area (Å²) in [6, 6.07) is 14.5. The van der Waals surface area contributed by atoms with Gasteiger partial charge in [-0.05, 0) is 48.7 Å². The van der Waals surface area contributed by atoms with Gasteiger partial charge in [0.05, 0.1) is 13.0 Å². The molecule has 0 radical (unpaired) electrons. The van der Waals surface area contributed by atoms with Gasteiger partial charge >= 0.3 is 5.97 Å². The zero-order chi connectivity index (χ0) is 17.5. The fourth-order valence-electron chi connectivity index (χ4n) is 2.27. The Morgan fingerprint density at radius 2 is 1.71 bits per heavy atom. The fourth-order valence-corrected chi connectivity index (χ4v) is 2.27. The highest BCUT2D eigenvalue weighted by Gasteiger charge is 2.13. The number of aryl methyl sites for hydroxylation is 1. The average molecular weight is 327 g/mol. The van der Waals surface area contributed by atoms with Crippen molar-refractivity contribution in [1.82, 2.24) is 0 Å². The van der Waals surface area contributed by atoms with E-state index in [4.69, 9.17) is 9.84 Å². The predicted octanol–water partition coefficient (Wildman–Crippen LogP) is 3.45. The molecule has 1 atom stereocenters. The molecule has 0 saturated carbocycles. The van der Waals surface area contributed by atoms with Crippen LogP contribution in [0.4, 0.5) is 5.69 Å². The lowest BCUT2D eigenvalue weighted by Gasteiger charge is -2.09. The number of rotatable bonds is 7. The molecule has 0 aliphatic carbocycles. The summed E-state index contributed by atoms with van der Waals surface area (Å²) in [7, 11) is 1.62. The maximum Gasteiger partial charge on any atom is 0.310 e. The summed E-state index contributed by atoms with van der Waals surface area (Å²) in [6.45, 7) is 1.63. The van der Waals surface area contributed by atoms with E-state index in [-0.39, 0.29) is 5.91 Å². The highest BCUT2D eigenvalue weighted by Crippen LogP contribution is 2.18. The number of anilines is 1.